The predicted octanol–water partition coefficient (Wildman–Crippen LogP) is 3.38. The van der Waals surface area contributed by atoms with Crippen LogP contribution in [0.15, 0.2) is 39.5 Å². The molecule has 0 spiro atoms. The van der Waals surface area contributed by atoms with Gasteiger partial charge in [-0.1, -0.05) is 0 Å². The van der Waals surface area contributed by atoms with Crippen LogP contribution in [0.25, 0.3) is 22.3 Å². The fourth-order valence-corrected chi connectivity index (χ4v) is 3.11. The largest absolute Gasteiger partial charge is 0.508 e. The third-order valence-electron chi connectivity index (χ3n) is 4.47. The van der Waals surface area contributed by atoms with Crippen molar-refractivity contribution in [3.05, 3.63) is 46.1 Å². The number of phenolic OH excluding ortho intramolecular Hbond substituents is 3. The molecule has 0 amide bonds. The molecule has 2 aromatic carbocycles. The van der Waals surface area contributed by atoms with Crippen molar-refractivity contribution < 1.29 is 29.3 Å². The van der Waals surface area contributed by atoms with Gasteiger partial charge in [0.2, 0.25) is 11.2 Å². The highest BCUT2D eigenvalue weighted by atomic mass is 16.5. The van der Waals surface area contributed by atoms with Crippen molar-refractivity contribution in [1.82, 2.24) is 0 Å². The van der Waals surface area contributed by atoms with Crippen molar-refractivity contribution in [1.29, 1.82) is 0 Å². The SMILES string of the molecule is CC(=O)Oc1c(-c2ccc(O)c(C3CC3)c2)oc2cc(O)cc(O)c2c1=O. The quantitative estimate of drug-likeness (QED) is 0.607. The lowest BCUT2D eigenvalue weighted by molar-refractivity contribution is -0.132. The van der Waals surface area contributed by atoms with Crippen LogP contribution in [0.1, 0.15) is 31.2 Å². The molecule has 1 fully saturated rings. The maximum atomic E-state index is 12.9. The maximum absolute atomic E-state index is 12.9. The van der Waals surface area contributed by atoms with Crippen LogP contribution < -0.4 is 10.2 Å². The van der Waals surface area contributed by atoms with Crippen LogP contribution in [0.5, 0.6) is 23.0 Å². The second-order valence-corrected chi connectivity index (χ2v) is 6.57. The van der Waals surface area contributed by atoms with E-state index in [1.807, 2.05) is 0 Å². The highest BCUT2D eigenvalue weighted by Gasteiger charge is 2.28. The number of benzene rings is 2. The third-order valence-corrected chi connectivity index (χ3v) is 4.47. The van der Waals surface area contributed by atoms with Crippen molar-refractivity contribution >= 4 is 16.9 Å². The minimum Gasteiger partial charge on any atom is -0.508 e. The van der Waals surface area contributed by atoms with E-state index in [0.717, 1.165) is 31.4 Å². The van der Waals surface area contributed by atoms with Gasteiger partial charge >= 0.3 is 5.97 Å². The fraction of sp³-hybridized carbons (Fsp3) is 0.200. The second-order valence-electron chi connectivity index (χ2n) is 6.57. The smallest absolute Gasteiger partial charge is 0.308 e. The molecule has 0 saturated heterocycles. The van der Waals surface area contributed by atoms with E-state index in [1.165, 1.54) is 12.1 Å². The number of carbonyl (C=O) groups excluding carboxylic acids is 1. The molecule has 0 unspecified atom stereocenters. The Kier molecular flexibility index (Phi) is 3.80. The van der Waals surface area contributed by atoms with Crippen molar-refractivity contribution in [3.8, 4) is 34.3 Å². The molecule has 3 N–H and O–H groups in total. The summed E-state index contributed by atoms with van der Waals surface area (Å²) < 4.78 is 10.8. The van der Waals surface area contributed by atoms with E-state index < -0.39 is 17.1 Å². The minimum absolute atomic E-state index is 0.0189. The average Bonchev–Trinajstić information content (AvgIpc) is 3.41. The fourth-order valence-electron chi connectivity index (χ4n) is 3.11. The number of hydrogen-bond donors (Lipinski definition) is 3. The van der Waals surface area contributed by atoms with Crippen LogP contribution >= 0.6 is 0 Å². The summed E-state index contributed by atoms with van der Waals surface area (Å²) in [5.41, 5.74) is 0.375. The zero-order valence-corrected chi connectivity index (χ0v) is 14.4. The average molecular weight is 368 g/mol. The van der Waals surface area contributed by atoms with Crippen molar-refractivity contribution in [2.45, 2.75) is 25.7 Å². The first-order valence-electron chi connectivity index (χ1n) is 8.39. The molecule has 0 radical (unpaired) electrons. The van der Waals surface area contributed by atoms with Gasteiger partial charge in [-0.25, -0.2) is 0 Å². The van der Waals surface area contributed by atoms with Gasteiger partial charge in [-0.05, 0) is 42.5 Å². The van der Waals surface area contributed by atoms with Gasteiger partial charge in [-0.2, -0.15) is 0 Å². The molecule has 0 aliphatic heterocycles. The van der Waals surface area contributed by atoms with Gasteiger partial charge in [-0.15, -0.1) is 0 Å². The lowest BCUT2D eigenvalue weighted by Crippen LogP contribution is -2.13. The number of ether oxygens (including phenoxy) is 1. The van der Waals surface area contributed by atoms with Gasteiger partial charge < -0.3 is 24.5 Å². The zero-order valence-electron chi connectivity index (χ0n) is 14.4. The molecule has 7 heteroatoms. The number of aromatic hydroxyl groups is 3. The van der Waals surface area contributed by atoms with E-state index in [9.17, 15) is 24.9 Å². The Morgan fingerprint density at radius 1 is 1.11 bits per heavy atom. The molecular weight excluding hydrogens is 352 g/mol. The van der Waals surface area contributed by atoms with Crippen LogP contribution in [-0.2, 0) is 4.79 Å². The number of hydrogen-bond acceptors (Lipinski definition) is 7. The van der Waals surface area contributed by atoms with Crippen LogP contribution in [0.3, 0.4) is 0 Å². The van der Waals surface area contributed by atoms with Gasteiger partial charge in [0.15, 0.2) is 5.76 Å². The topological polar surface area (TPSA) is 117 Å². The Bertz CT molecular complexity index is 1140. The highest BCUT2D eigenvalue weighted by Crippen LogP contribution is 2.46. The van der Waals surface area contributed by atoms with Gasteiger partial charge in [0.1, 0.15) is 28.2 Å². The molecule has 0 bridgehead atoms. The molecule has 4 rings (SSSR count). The summed E-state index contributed by atoms with van der Waals surface area (Å²) in [6, 6.07) is 6.92. The molecule has 138 valence electrons. The predicted molar refractivity (Wildman–Crippen MR) is 96.2 cm³/mol. The van der Waals surface area contributed by atoms with E-state index in [0.29, 0.717) is 5.56 Å². The number of carbonyl (C=O) groups is 1. The van der Waals surface area contributed by atoms with Crippen LogP contribution in [-0.4, -0.2) is 21.3 Å². The van der Waals surface area contributed by atoms with E-state index in [-0.39, 0.29) is 39.9 Å². The van der Waals surface area contributed by atoms with Gasteiger partial charge in [0.05, 0.1) is 0 Å². The number of fused-ring (bicyclic) bond motifs is 1. The van der Waals surface area contributed by atoms with E-state index in [2.05, 4.69) is 0 Å². The molecule has 1 heterocycles. The Morgan fingerprint density at radius 2 is 1.85 bits per heavy atom. The number of rotatable bonds is 3. The summed E-state index contributed by atoms with van der Waals surface area (Å²) in [5, 5.41) is 29.6. The Labute approximate surface area is 153 Å². The highest BCUT2D eigenvalue weighted by molar-refractivity contribution is 5.89. The molecule has 3 aromatic rings. The van der Waals surface area contributed by atoms with Gasteiger partial charge in [-0.3, -0.25) is 9.59 Å². The van der Waals surface area contributed by atoms with Crippen molar-refractivity contribution in [2.24, 2.45) is 0 Å². The molecule has 7 nitrogen and oxygen atoms in total. The molecule has 27 heavy (non-hydrogen) atoms. The first kappa shape index (κ1) is 17.0. The zero-order chi connectivity index (χ0) is 19.3. The van der Waals surface area contributed by atoms with Crippen LogP contribution in [0.2, 0.25) is 0 Å². The maximum Gasteiger partial charge on any atom is 0.308 e. The second kappa shape index (κ2) is 6.05. The Morgan fingerprint density at radius 3 is 2.52 bits per heavy atom. The molecule has 0 atom stereocenters. The normalized spacial score (nSPS) is 13.7. The van der Waals surface area contributed by atoms with E-state index in [4.69, 9.17) is 9.15 Å². The first-order valence-corrected chi connectivity index (χ1v) is 8.39. The molecular formula is C20H16O7. The van der Waals surface area contributed by atoms with Crippen LogP contribution in [0.4, 0.5) is 0 Å². The minimum atomic E-state index is -0.736. The third kappa shape index (κ3) is 2.97. The summed E-state index contributed by atoms with van der Waals surface area (Å²) in [5.74, 6) is -1.47. The lowest BCUT2D eigenvalue weighted by atomic mass is 10.0. The number of phenols is 3. The van der Waals surface area contributed by atoms with Crippen LogP contribution in [0, 0.1) is 0 Å². The standard InChI is InChI=1S/C20H16O7/c1-9(21)26-20-18(25)17-15(24)7-12(22)8-16(17)27-19(20)11-4-5-14(23)13(6-11)10-2-3-10/h4-8,10,22-24H,2-3H2,1H3. The van der Waals surface area contributed by atoms with Crippen molar-refractivity contribution in [3.63, 3.8) is 0 Å². The molecule has 1 saturated carbocycles. The van der Waals surface area contributed by atoms with Gasteiger partial charge in [0, 0.05) is 24.6 Å². The van der Waals surface area contributed by atoms with Crippen molar-refractivity contribution in [2.75, 3.05) is 0 Å². The molecule has 1 aromatic heterocycles. The lowest BCUT2D eigenvalue weighted by Gasteiger charge is -2.12. The molecule has 1 aliphatic rings. The van der Waals surface area contributed by atoms with E-state index in [1.54, 1.807) is 12.1 Å². The summed E-state index contributed by atoms with van der Waals surface area (Å²) in [6.45, 7) is 1.15. The number of esters is 1. The summed E-state index contributed by atoms with van der Waals surface area (Å²) in [7, 11) is 0. The Hall–Kier alpha value is -3.48. The Balaban J connectivity index is 2.02. The molecule has 1 aliphatic carbocycles. The summed E-state index contributed by atoms with van der Waals surface area (Å²) >= 11 is 0. The van der Waals surface area contributed by atoms with E-state index >= 15 is 0 Å². The monoisotopic (exact) mass is 368 g/mol. The summed E-state index contributed by atoms with van der Waals surface area (Å²) in [4.78, 5) is 24.4. The summed E-state index contributed by atoms with van der Waals surface area (Å²) in [6.07, 6.45) is 1.91. The first-order chi connectivity index (χ1) is 12.8. The van der Waals surface area contributed by atoms with Gasteiger partial charge in [0.25, 0.3) is 0 Å².